The lowest BCUT2D eigenvalue weighted by Crippen LogP contribution is -2.44. The Labute approximate surface area is 283 Å². The van der Waals surface area contributed by atoms with Crippen LogP contribution in [0, 0.1) is 53.3 Å². The van der Waals surface area contributed by atoms with Crippen molar-refractivity contribution in [2.75, 3.05) is 13.2 Å². The van der Waals surface area contributed by atoms with Gasteiger partial charge in [-0.05, 0) is 64.2 Å². The van der Waals surface area contributed by atoms with Gasteiger partial charge in [0.2, 0.25) is 0 Å². The standard InChI is InChI=1S/C38H62O9/c1-10-46-37(44)30-21-28(15-19-34(42)26(8)13-17-32(40)24(5)6)20-29(36(30)38(45)47-11-2)22-35(43)27(9)14-18-33(41)25(7)12-16-31(39)23(3)4/h23-30,36H,10-22H2,1-9H3. The highest BCUT2D eigenvalue weighted by molar-refractivity contribution is 5.87. The van der Waals surface area contributed by atoms with Crippen molar-refractivity contribution >= 4 is 40.9 Å². The third kappa shape index (κ3) is 14.5. The summed E-state index contributed by atoms with van der Waals surface area (Å²) in [5.74, 6) is -3.98. The molecule has 0 amide bonds. The summed E-state index contributed by atoms with van der Waals surface area (Å²) in [6, 6.07) is 0. The van der Waals surface area contributed by atoms with Gasteiger partial charge in [-0.3, -0.25) is 33.6 Å². The van der Waals surface area contributed by atoms with Crippen LogP contribution in [0.5, 0.6) is 0 Å². The number of ketones is 5. The zero-order valence-corrected chi connectivity index (χ0v) is 30.6. The Morgan fingerprint density at radius 3 is 1.45 bits per heavy atom. The van der Waals surface area contributed by atoms with Crippen molar-refractivity contribution < 1.29 is 43.0 Å². The van der Waals surface area contributed by atoms with Crippen LogP contribution in [-0.4, -0.2) is 54.1 Å². The Hall–Kier alpha value is -2.71. The Morgan fingerprint density at radius 2 is 0.979 bits per heavy atom. The highest BCUT2D eigenvalue weighted by atomic mass is 16.5. The molecule has 9 heteroatoms. The third-order valence-corrected chi connectivity index (χ3v) is 9.98. The molecule has 268 valence electrons. The van der Waals surface area contributed by atoms with Gasteiger partial charge in [0, 0.05) is 61.7 Å². The second-order valence-corrected chi connectivity index (χ2v) is 14.4. The fraction of sp³-hybridized carbons (Fsp3) is 0.816. The van der Waals surface area contributed by atoms with Crippen LogP contribution in [0.25, 0.3) is 0 Å². The summed E-state index contributed by atoms with van der Waals surface area (Å²) in [6.07, 6.45) is 4.05. The normalized spacial score (nSPS) is 21.5. The van der Waals surface area contributed by atoms with E-state index in [4.69, 9.17) is 9.47 Å². The molecule has 0 aromatic rings. The van der Waals surface area contributed by atoms with E-state index in [1.54, 1.807) is 20.8 Å². The molecule has 0 aromatic heterocycles. The number of rotatable bonds is 23. The smallest absolute Gasteiger partial charge is 0.310 e. The maximum Gasteiger partial charge on any atom is 0.310 e. The van der Waals surface area contributed by atoms with E-state index in [1.807, 2.05) is 41.5 Å². The minimum atomic E-state index is -0.835. The summed E-state index contributed by atoms with van der Waals surface area (Å²) in [5.41, 5.74) is 0. The zero-order valence-electron chi connectivity index (χ0n) is 30.6. The van der Waals surface area contributed by atoms with Gasteiger partial charge in [0.25, 0.3) is 0 Å². The highest BCUT2D eigenvalue weighted by Gasteiger charge is 2.47. The van der Waals surface area contributed by atoms with Crippen LogP contribution in [0.1, 0.15) is 133 Å². The van der Waals surface area contributed by atoms with E-state index in [1.165, 1.54) is 0 Å². The second kappa shape index (κ2) is 21.3. The average molecular weight is 663 g/mol. The van der Waals surface area contributed by atoms with E-state index in [2.05, 4.69) is 0 Å². The summed E-state index contributed by atoms with van der Waals surface area (Å²) in [7, 11) is 0. The first-order valence-electron chi connectivity index (χ1n) is 18.0. The maximum atomic E-state index is 13.5. The van der Waals surface area contributed by atoms with E-state index in [-0.39, 0.29) is 84.6 Å². The average Bonchev–Trinajstić information content (AvgIpc) is 3.02. The lowest BCUT2D eigenvalue weighted by atomic mass is 9.64. The first kappa shape index (κ1) is 42.3. The topological polar surface area (TPSA) is 138 Å². The van der Waals surface area contributed by atoms with Crippen molar-refractivity contribution in [1.82, 2.24) is 0 Å². The third-order valence-electron chi connectivity index (χ3n) is 9.98. The molecule has 47 heavy (non-hydrogen) atoms. The molecular formula is C38H62O9. The van der Waals surface area contributed by atoms with Crippen molar-refractivity contribution in [3.05, 3.63) is 0 Å². The van der Waals surface area contributed by atoms with Crippen LogP contribution < -0.4 is 0 Å². The summed E-state index contributed by atoms with van der Waals surface area (Å²) in [5, 5.41) is 0. The van der Waals surface area contributed by atoms with Crippen LogP contribution in [0.4, 0.5) is 0 Å². The molecule has 1 aliphatic rings. The largest absolute Gasteiger partial charge is 0.466 e. The van der Waals surface area contributed by atoms with E-state index in [9.17, 15) is 33.6 Å². The van der Waals surface area contributed by atoms with Crippen LogP contribution in [0.3, 0.4) is 0 Å². The second-order valence-electron chi connectivity index (χ2n) is 14.4. The molecule has 0 bridgehead atoms. The maximum absolute atomic E-state index is 13.5. The molecule has 0 saturated heterocycles. The quantitative estimate of drug-likeness (QED) is 0.106. The van der Waals surface area contributed by atoms with Gasteiger partial charge in [0.15, 0.2) is 0 Å². The molecule has 1 fully saturated rings. The monoisotopic (exact) mass is 662 g/mol. The van der Waals surface area contributed by atoms with Gasteiger partial charge in [-0.25, -0.2) is 0 Å². The molecular weight excluding hydrogens is 600 g/mol. The number of carbonyl (C=O) groups excluding carboxylic acids is 7. The predicted molar refractivity (Wildman–Crippen MR) is 180 cm³/mol. The van der Waals surface area contributed by atoms with Crippen molar-refractivity contribution in [2.45, 2.75) is 133 Å². The molecule has 7 atom stereocenters. The highest BCUT2D eigenvalue weighted by Crippen LogP contribution is 2.44. The molecule has 9 nitrogen and oxygen atoms in total. The van der Waals surface area contributed by atoms with E-state index in [0.717, 1.165) is 0 Å². The van der Waals surface area contributed by atoms with Gasteiger partial charge in [-0.2, -0.15) is 0 Å². The fourth-order valence-electron chi connectivity index (χ4n) is 6.47. The molecule has 0 N–H and O–H groups in total. The zero-order chi connectivity index (χ0) is 35.8. The predicted octanol–water partition coefficient (Wildman–Crippen LogP) is 6.95. The summed E-state index contributed by atoms with van der Waals surface area (Å²) < 4.78 is 10.8. The SMILES string of the molecule is CCOC(=O)C1CC(CCC(=O)C(C)CCC(=O)C(C)C)CC(CC(=O)C(C)CCC(=O)C(C)CCC(=O)C(C)C)C1C(=O)OCC. The van der Waals surface area contributed by atoms with Gasteiger partial charge in [0.05, 0.1) is 25.0 Å². The molecule has 0 aromatic carbocycles. The minimum absolute atomic E-state index is 0.0261. The van der Waals surface area contributed by atoms with Crippen molar-refractivity contribution in [3.8, 4) is 0 Å². The van der Waals surface area contributed by atoms with Gasteiger partial charge >= 0.3 is 11.9 Å². The van der Waals surface area contributed by atoms with Gasteiger partial charge in [0.1, 0.15) is 28.9 Å². The molecule has 1 saturated carbocycles. The number of ether oxygens (including phenoxy) is 2. The van der Waals surface area contributed by atoms with E-state index >= 15 is 0 Å². The van der Waals surface area contributed by atoms with Gasteiger partial charge in [-0.15, -0.1) is 0 Å². The van der Waals surface area contributed by atoms with Crippen LogP contribution >= 0.6 is 0 Å². The first-order chi connectivity index (χ1) is 22.0. The summed E-state index contributed by atoms with van der Waals surface area (Å²) in [4.78, 5) is 89.8. The lowest BCUT2D eigenvalue weighted by molar-refractivity contribution is -0.167. The lowest BCUT2D eigenvalue weighted by Gasteiger charge is -2.39. The number of carbonyl (C=O) groups is 7. The number of hydrogen-bond donors (Lipinski definition) is 0. The number of esters is 2. The van der Waals surface area contributed by atoms with E-state index < -0.39 is 35.6 Å². The Balaban J connectivity index is 3.02. The van der Waals surface area contributed by atoms with Crippen molar-refractivity contribution in [2.24, 2.45) is 53.3 Å². The molecule has 1 rings (SSSR count). The minimum Gasteiger partial charge on any atom is -0.466 e. The van der Waals surface area contributed by atoms with Crippen LogP contribution in [-0.2, 0) is 43.0 Å². The molecule has 0 spiro atoms. The molecule has 0 aliphatic heterocycles. The molecule has 0 radical (unpaired) electrons. The van der Waals surface area contributed by atoms with Crippen molar-refractivity contribution in [3.63, 3.8) is 0 Å². The molecule has 7 unspecified atom stereocenters. The van der Waals surface area contributed by atoms with Crippen LogP contribution in [0.2, 0.25) is 0 Å². The summed E-state index contributed by atoms with van der Waals surface area (Å²) in [6.45, 7) is 16.5. The molecule has 0 heterocycles. The Kier molecular flexibility index (Phi) is 19.2. The number of Topliss-reactive ketones (excluding diaryl/α,β-unsaturated/α-hetero) is 5. The van der Waals surface area contributed by atoms with Gasteiger partial charge in [-0.1, -0.05) is 48.5 Å². The van der Waals surface area contributed by atoms with Crippen molar-refractivity contribution in [1.29, 1.82) is 0 Å². The fourth-order valence-corrected chi connectivity index (χ4v) is 6.47. The summed E-state index contributed by atoms with van der Waals surface area (Å²) >= 11 is 0. The number of hydrogen-bond acceptors (Lipinski definition) is 9. The van der Waals surface area contributed by atoms with Crippen LogP contribution in [0.15, 0.2) is 0 Å². The van der Waals surface area contributed by atoms with Gasteiger partial charge < -0.3 is 9.47 Å². The first-order valence-corrected chi connectivity index (χ1v) is 18.0. The van der Waals surface area contributed by atoms with E-state index in [0.29, 0.717) is 57.8 Å². The molecule has 1 aliphatic carbocycles. The Bertz CT molecular complexity index is 1080. The Morgan fingerprint density at radius 1 is 0.553 bits per heavy atom.